The lowest BCUT2D eigenvalue weighted by molar-refractivity contribution is -0.429. The zero-order valence-corrected chi connectivity index (χ0v) is 8.98. The summed E-state index contributed by atoms with van der Waals surface area (Å²) in [5.41, 5.74) is 4.14. The Labute approximate surface area is 81.9 Å². The fraction of sp³-hybridized carbons (Fsp3) is 1.00. The maximum Gasteiger partial charge on any atom is 0.0871 e. The van der Waals surface area contributed by atoms with Crippen molar-refractivity contribution in [1.82, 2.24) is 4.90 Å². The first-order chi connectivity index (χ1) is 5.27. The van der Waals surface area contributed by atoms with Gasteiger partial charge in [-0.25, -0.2) is 0 Å². The van der Waals surface area contributed by atoms with Crippen LogP contribution in [0.1, 0.15) is 33.1 Å². The highest BCUT2D eigenvalue weighted by Crippen LogP contribution is 2.16. The van der Waals surface area contributed by atoms with E-state index in [9.17, 15) is 0 Å². The van der Waals surface area contributed by atoms with Gasteiger partial charge >= 0.3 is 0 Å². The molecule has 2 atom stereocenters. The average Bonchev–Trinajstić information content (AvgIpc) is 2.04. The Morgan fingerprint density at radius 3 is 2.58 bits per heavy atom. The molecule has 1 fully saturated rings. The van der Waals surface area contributed by atoms with Gasteiger partial charge in [-0.1, -0.05) is 13.8 Å². The van der Waals surface area contributed by atoms with Gasteiger partial charge in [0.2, 0.25) is 0 Å². The van der Waals surface area contributed by atoms with Gasteiger partial charge in [0.05, 0.1) is 6.04 Å². The van der Waals surface area contributed by atoms with Crippen LogP contribution >= 0.6 is 0 Å². The highest BCUT2D eigenvalue weighted by Gasteiger charge is 2.25. The van der Waals surface area contributed by atoms with Crippen LogP contribution in [0.3, 0.4) is 0 Å². The smallest absolute Gasteiger partial charge is 0.0871 e. The van der Waals surface area contributed by atoms with Crippen molar-refractivity contribution in [3.63, 3.8) is 0 Å². The first-order valence-corrected chi connectivity index (χ1v) is 4.85. The highest BCUT2D eigenvalue weighted by atomic mass is 35.5. The van der Waals surface area contributed by atoms with Crippen LogP contribution in [0, 0.1) is 0 Å². The molecule has 0 bridgehead atoms. The Bertz CT molecular complexity index is 119. The lowest BCUT2D eigenvalue weighted by Crippen LogP contribution is -3.00. The van der Waals surface area contributed by atoms with Gasteiger partial charge in [0.15, 0.2) is 0 Å². The monoisotopic (exact) mass is 192 g/mol. The highest BCUT2D eigenvalue weighted by molar-refractivity contribution is 4.78. The zero-order valence-electron chi connectivity index (χ0n) is 8.22. The number of likely N-dealkylation sites (tertiary alicyclic amines) is 1. The van der Waals surface area contributed by atoms with Gasteiger partial charge in [-0.2, -0.15) is 0 Å². The van der Waals surface area contributed by atoms with Gasteiger partial charge in [-0.3, -0.25) is 0 Å². The molecule has 0 amide bonds. The van der Waals surface area contributed by atoms with Crippen LogP contribution in [0.5, 0.6) is 0 Å². The van der Waals surface area contributed by atoms with Crippen LogP contribution < -0.4 is 18.1 Å². The first-order valence-electron chi connectivity index (χ1n) is 4.85. The molecule has 0 aromatic carbocycles. The van der Waals surface area contributed by atoms with Crippen LogP contribution in [-0.4, -0.2) is 30.1 Å². The van der Waals surface area contributed by atoms with E-state index in [1.165, 1.54) is 32.4 Å². The molecule has 2 nitrogen and oxygen atoms in total. The Balaban J connectivity index is 0.00000121. The summed E-state index contributed by atoms with van der Waals surface area (Å²) in [4.78, 5) is 2.58. The molecule has 0 aromatic rings. The normalized spacial score (nSPS) is 31.2. The number of quaternary nitrogens is 1. The molecule has 1 rings (SSSR count). The van der Waals surface area contributed by atoms with Crippen LogP contribution in [0.15, 0.2) is 0 Å². The number of hydrogen-bond acceptors (Lipinski definition) is 1. The third-order valence-electron chi connectivity index (χ3n) is 2.82. The van der Waals surface area contributed by atoms with E-state index in [0.29, 0.717) is 6.04 Å². The van der Waals surface area contributed by atoms with Crippen LogP contribution in [0.25, 0.3) is 0 Å². The first kappa shape index (κ1) is 12.2. The third-order valence-corrected chi connectivity index (χ3v) is 2.82. The molecule has 0 radical (unpaired) electrons. The van der Waals surface area contributed by atoms with Crippen LogP contribution in [-0.2, 0) is 0 Å². The van der Waals surface area contributed by atoms with Gasteiger partial charge in [0, 0.05) is 25.4 Å². The Hall–Kier alpha value is 0.210. The van der Waals surface area contributed by atoms with Gasteiger partial charge in [0.1, 0.15) is 0 Å². The maximum absolute atomic E-state index is 4.14. The third kappa shape index (κ3) is 2.92. The molecule has 2 unspecified atom stereocenters. The van der Waals surface area contributed by atoms with Crippen molar-refractivity contribution in [2.75, 3.05) is 13.1 Å². The van der Waals surface area contributed by atoms with Gasteiger partial charge in [0.25, 0.3) is 0 Å². The summed E-state index contributed by atoms with van der Waals surface area (Å²) in [6.07, 6.45) is 3.90. The standard InChI is InChI=1S/C9H20N2.ClH/c1-3-9-7-8(10)5-6-11(9)4-2;/h8-9H,3-7,10H2,1-2H3;1H. The number of piperidine rings is 1. The molecule has 12 heavy (non-hydrogen) atoms. The second-order valence-electron chi connectivity index (χ2n) is 3.58. The van der Waals surface area contributed by atoms with E-state index in [1.54, 1.807) is 0 Å². The minimum atomic E-state index is 0. The van der Waals surface area contributed by atoms with Crippen LogP contribution in [0.4, 0.5) is 0 Å². The van der Waals surface area contributed by atoms with Crippen molar-refractivity contribution in [3.8, 4) is 0 Å². The van der Waals surface area contributed by atoms with Crippen LogP contribution in [0.2, 0.25) is 0 Å². The van der Waals surface area contributed by atoms with Crippen molar-refractivity contribution < 1.29 is 18.1 Å². The molecule has 1 aliphatic rings. The van der Waals surface area contributed by atoms with E-state index < -0.39 is 0 Å². The summed E-state index contributed by atoms with van der Waals surface area (Å²) in [5.74, 6) is 0. The zero-order chi connectivity index (χ0) is 8.27. The lowest BCUT2D eigenvalue weighted by Gasteiger charge is -2.35. The molecule has 1 aliphatic heterocycles. The fourth-order valence-corrected chi connectivity index (χ4v) is 2.02. The second kappa shape index (κ2) is 5.79. The van der Waals surface area contributed by atoms with Crippen molar-refractivity contribution in [3.05, 3.63) is 0 Å². The summed E-state index contributed by atoms with van der Waals surface area (Å²) in [7, 11) is 0. The molecule has 0 aliphatic carbocycles. The summed E-state index contributed by atoms with van der Waals surface area (Å²) >= 11 is 0. The summed E-state index contributed by atoms with van der Waals surface area (Å²) in [6, 6.07) is 1.53. The van der Waals surface area contributed by atoms with Crippen molar-refractivity contribution in [2.45, 2.75) is 45.2 Å². The number of halogens is 1. The molecule has 0 aromatic heterocycles. The quantitative estimate of drug-likeness (QED) is 0.515. The molecule has 3 heteroatoms. The molecule has 0 spiro atoms. The number of nitrogens with zero attached hydrogens (tertiary/aromatic N) is 1. The Kier molecular flexibility index (Phi) is 5.89. The molecule has 0 saturated carbocycles. The van der Waals surface area contributed by atoms with Crippen molar-refractivity contribution >= 4 is 0 Å². The largest absolute Gasteiger partial charge is 1.00 e. The van der Waals surface area contributed by atoms with E-state index in [2.05, 4.69) is 24.5 Å². The molecular formula is C9H21ClN2. The SMILES string of the molecule is CCC1CC([NH3+])CCN1CC.[Cl-]. The van der Waals surface area contributed by atoms with E-state index >= 15 is 0 Å². The van der Waals surface area contributed by atoms with E-state index in [0.717, 1.165) is 6.04 Å². The van der Waals surface area contributed by atoms with E-state index in [1.807, 2.05) is 0 Å². The lowest BCUT2D eigenvalue weighted by atomic mass is 9.96. The average molecular weight is 193 g/mol. The fourth-order valence-electron chi connectivity index (χ4n) is 2.02. The predicted octanol–water partition coefficient (Wildman–Crippen LogP) is -2.50. The Morgan fingerprint density at radius 2 is 2.08 bits per heavy atom. The van der Waals surface area contributed by atoms with Gasteiger partial charge in [-0.05, 0) is 13.0 Å². The van der Waals surface area contributed by atoms with Gasteiger partial charge < -0.3 is 23.0 Å². The van der Waals surface area contributed by atoms with Gasteiger partial charge in [-0.15, -0.1) is 0 Å². The van der Waals surface area contributed by atoms with E-state index in [4.69, 9.17) is 0 Å². The minimum absolute atomic E-state index is 0. The number of hydrogen-bond donors (Lipinski definition) is 1. The van der Waals surface area contributed by atoms with E-state index in [-0.39, 0.29) is 12.4 Å². The molecule has 74 valence electrons. The molecular weight excluding hydrogens is 172 g/mol. The topological polar surface area (TPSA) is 30.9 Å². The summed E-state index contributed by atoms with van der Waals surface area (Å²) < 4.78 is 0. The Morgan fingerprint density at radius 1 is 1.42 bits per heavy atom. The molecule has 3 N–H and O–H groups in total. The summed E-state index contributed by atoms with van der Waals surface area (Å²) in [5, 5.41) is 0. The predicted molar refractivity (Wildman–Crippen MR) is 47.2 cm³/mol. The number of rotatable bonds is 2. The molecule has 1 saturated heterocycles. The summed E-state index contributed by atoms with van der Waals surface area (Å²) in [6.45, 7) is 7.02. The molecule has 1 heterocycles. The second-order valence-corrected chi connectivity index (χ2v) is 3.58. The maximum atomic E-state index is 4.14. The van der Waals surface area contributed by atoms with Crippen molar-refractivity contribution in [2.24, 2.45) is 0 Å². The minimum Gasteiger partial charge on any atom is -1.00 e. The van der Waals surface area contributed by atoms with Crippen molar-refractivity contribution in [1.29, 1.82) is 0 Å².